The van der Waals surface area contributed by atoms with Crippen molar-refractivity contribution in [3.63, 3.8) is 0 Å². The number of fused-ring (bicyclic) bond motifs is 4. The summed E-state index contributed by atoms with van der Waals surface area (Å²) in [6.45, 7) is 28.3. The number of rotatable bonds is 40. The number of hydrogen-bond donors (Lipinski definition) is 9. The van der Waals surface area contributed by atoms with E-state index in [1.54, 1.807) is 49.3 Å². The summed E-state index contributed by atoms with van der Waals surface area (Å²) in [7, 11) is 19.4. The number of morpholine rings is 1. The molecule has 10 N–H and O–H groups in total. The van der Waals surface area contributed by atoms with E-state index in [-0.39, 0.29) is 84.6 Å². The number of carboxylic acid groups (broad SMARTS) is 1. The summed E-state index contributed by atoms with van der Waals surface area (Å²) in [6, 6.07) is 31.5. The van der Waals surface area contributed by atoms with Gasteiger partial charge in [-0.2, -0.15) is 10.1 Å². The third kappa shape index (κ3) is 25.9. The monoisotopic (exact) mass is 1760 g/mol. The Morgan fingerprint density at radius 1 is 0.622 bits per heavy atom. The molecule has 3 heterocycles. The number of likely N-dealkylation sites (N-methyl/N-ethyl adjacent to an activating group) is 3. The first-order valence-corrected chi connectivity index (χ1v) is 45.7. The fourth-order valence-electron chi connectivity index (χ4n) is 20.4. The van der Waals surface area contributed by atoms with Crippen LogP contribution in [0.3, 0.4) is 0 Å². The van der Waals surface area contributed by atoms with Crippen molar-refractivity contribution in [1.29, 1.82) is 0 Å². The van der Waals surface area contributed by atoms with Crippen LogP contribution in [0.2, 0.25) is 0 Å². The zero-order chi connectivity index (χ0) is 92.3. The van der Waals surface area contributed by atoms with Crippen LogP contribution >= 0.6 is 0 Å². The van der Waals surface area contributed by atoms with Crippen molar-refractivity contribution >= 4 is 35.1 Å². The Morgan fingerprint density at radius 2 is 1.11 bits per heavy atom. The molecule has 27 heteroatoms. The average molecular weight is 1760 g/mol. The van der Waals surface area contributed by atoms with Crippen molar-refractivity contribution in [3.05, 3.63) is 168 Å². The van der Waals surface area contributed by atoms with Gasteiger partial charge < -0.3 is 90.7 Å². The zero-order valence-corrected chi connectivity index (χ0v) is 78.8. The molecule has 0 aromatic heterocycles. The van der Waals surface area contributed by atoms with Gasteiger partial charge in [-0.15, -0.1) is 0 Å². The van der Waals surface area contributed by atoms with Gasteiger partial charge in [-0.1, -0.05) is 145 Å². The standard InChI is InChI=1S/C50H76N6O7.C39H56N4O8.C11H18N2/c1-12-13-14-15-16-19-39(31-53(6)7)51-48(59)37-25-36(26-40(27-37)54(8)9)41-20-17-18-35(47(41)62-24-22-55(10)21-23-61-11)30-56-46(45(34(3)58)44(32-57)63-56)49(60)52-43-29-38-28-42(33(43)2)50(38,4)5;1-23-31-19-28(39(31,3)4)20-32(23)40-37(46)35-34(24(2)45)33(22-44)51-43(35)21-25-8-7-9-30(36(25)50-15-12-42-10-13-49-14-11-42)26-16-27(38(47)48)18-29(17-26)41(5)6;1-13(2)9-11(12)8-10-6-4-3-5-7-10/h12-18,20,25-27,33-34,38-39,42-46,57-58H,1,19,21-24,28-32H2,2-11H3,(H,51,59)(H,52,60);7-9,16-18,23-24,28,31-35,44-45H,10-15,19-22H2,1-6H3,(H,40,46)(H,47,48);3-7,11H,8-9,12H2,1-2H3/b14-13-,16-15+;;/t33-,34-,38+,39-,42?,43-,44-,45+,46-;23-,24-,28+,31?,32-,33-,34+,35-;11-/m000/s1. The number of amides is 3. The lowest BCUT2D eigenvalue weighted by atomic mass is 9.45. The van der Waals surface area contributed by atoms with E-state index in [1.165, 1.54) is 18.4 Å². The number of anilines is 2. The van der Waals surface area contributed by atoms with Crippen molar-refractivity contribution in [2.75, 3.05) is 172 Å². The summed E-state index contributed by atoms with van der Waals surface area (Å²) in [5, 5.41) is 66.2. The van der Waals surface area contributed by atoms with Crippen LogP contribution in [0.4, 0.5) is 11.4 Å². The largest absolute Gasteiger partial charge is 0.491 e. The maximum atomic E-state index is 14.5. The number of hydroxylamine groups is 4. The molecule has 0 radical (unpaired) electrons. The number of nitrogens with zero attached hydrogens (tertiary/aromatic N) is 8. The van der Waals surface area contributed by atoms with Crippen molar-refractivity contribution < 1.29 is 73.3 Å². The number of aliphatic hydroxyl groups is 4. The Balaban J connectivity index is 0.000000235. The van der Waals surface area contributed by atoms with E-state index < -0.39 is 54.3 Å². The van der Waals surface area contributed by atoms with Crippen molar-refractivity contribution in [1.82, 2.24) is 45.7 Å². The SMILES string of the molecule is C=C/C=C\C=C\C[C@@H](CN(C)C)NC(=O)c1cc(-c2cccc(CN3O[C@@H](CO)[C@@H]([C@H](C)O)[C@H]3C(=O)N[C@H]3C[C@H]4CC([C@@H]3C)C4(C)C)c2OCCN(C)CCOC)cc(N(C)C)c1.CN(C)C[C@@H](N)Cc1ccccc1.C[C@H](O)[C@@H]1[C@H](CO)ON(Cc2cccc(-c3cc(C(=O)O)cc(N(C)C)c3)c2OCCN2CCOCC2)[C@@H]1C(=O)N[C@H]1C[C@H]2CC([C@@H]1C)C2(C)C. The van der Waals surface area contributed by atoms with Crippen LogP contribution in [-0.2, 0) is 48.2 Å². The summed E-state index contributed by atoms with van der Waals surface area (Å²) in [6.07, 6.45) is 11.9. The van der Waals surface area contributed by atoms with Crippen molar-refractivity contribution in [2.45, 2.75) is 168 Å². The lowest BCUT2D eigenvalue weighted by Crippen LogP contribution is -2.62. The molecule has 9 aliphatic rings. The molecular formula is C100H150N12O15. The second-order valence-electron chi connectivity index (χ2n) is 38.6. The van der Waals surface area contributed by atoms with E-state index in [0.29, 0.717) is 123 Å². The minimum absolute atomic E-state index is 0.0146. The van der Waals surface area contributed by atoms with Gasteiger partial charge >= 0.3 is 5.97 Å². The van der Waals surface area contributed by atoms with Gasteiger partial charge in [-0.3, -0.25) is 29.0 Å². The molecule has 5 aromatic carbocycles. The van der Waals surface area contributed by atoms with E-state index >= 15 is 0 Å². The Labute approximate surface area is 755 Å². The molecule has 3 saturated heterocycles. The highest BCUT2D eigenvalue weighted by atomic mass is 16.7. The number of benzene rings is 5. The summed E-state index contributed by atoms with van der Waals surface area (Å²) in [5.74, 6) is 0.998. The van der Waals surface area contributed by atoms with Gasteiger partial charge in [-0.25, -0.2) is 4.79 Å². The smallest absolute Gasteiger partial charge is 0.335 e. The first-order valence-electron chi connectivity index (χ1n) is 45.7. The van der Waals surface area contributed by atoms with Gasteiger partial charge in [0.05, 0.1) is 63.9 Å². The predicted octanol–water partition coefficient (Wildman–Crippen LogP) is 9.99. The van der Waals surface area contributed by atoms with Crippen molar-refractivity contribution in [2.24, 2.45) is 63.9 Å². The van der Waals surface area contributed by atoms with Crippen LogP contribution in [0.1, 0.15) is 125 Å². The molecule has 9 fully saturated rings. The summed E-state index contributed by atoms with van der Waals surface area (Å²) < 4.78 is 24.2. The lowest BCUT2D eigenvalue weighted by molar-refractivity contribution is -0.183. The number of carbonyl (C=O) groups excluding carboxylic acids is 3. The summed E-state index contributed by atoms with van der Waals surface area (Å²) in [5.41, 5.74) is 14.5. The van der Waals surface area contributed by atoms with Crippen LogP contribution < -0.4 is 41.0 Å². The molecule has 6 aliphatic carbocycles. The van der Waals surface area contributed by atoms with Gasteiger partial charge in [-0.05, 0) is 187 Å². The number of para-hydroxylation sites is 2. The van der Waals surface area contributed by atoms with Crippen LogP contribution in [0.25, 0.3) is 22.3 Å². The second-order valence-corrected chi connectivity index (χ2v) is 38.6. The van der Waals surface area contributed by atoms with Gasteiger partial charge in [0.25, 0.3) is 5.91 Å². The quantitative estimate of drug-likeness (QED) is 0.0165. The Bertz CT molecular complexity index is 4440. The van der Waals surface area contributed by atoms with E-state index in [1.807, 2.05) is 164 Å². The Kier molecular flexibility index (Phi) is 37.0. The highest BCUT2D eigenvalue weighted by molar-refractivity contribution is 5.97. The van der Waals surface area contributed by atoms with Crippen LogP contribution in [0.5, 0.6) is 11.5 Å². The molecule has 0 spiro atoms. The molecule has 2 unspecified atom stereocenters. The minimum Gasteiger partial charge on any atom is -0.491 e. The number of aromatic carboxylic acids is 1. The van der Waals surface area contributed by atoms with Crippen LogP contribution in [0, 0.1) is 58.2 Å². The number of carbonyl (C=O) groups is 4. The Hall–Kier alpha value is -8.20. The molecule has 127 heavy (non-hydrogen) atoms. The third-order valence-corrected chi connectivity index (χ3v) is 27.9. The highest BCUT2D eigenvalue weighted by Crippen LogP contribution is 2.62. The fourth-order valence-corrected chi connectivity index (χ4v) is 20.4. The van der Waals surface area contributed by atoms with E-state index in [9.17, 15) is 44.7 Å². The molecular weight excluding hydrogens is 1610 g/mol. The number of methoxy groups -OCH3 is 1. The third-order valence-electron chi connectivity index (χ3n) is 27.9. The molecule has 5 aromatic rings. The summed E-state index contributed by atoms with van der Waals surface area (Å²) in [4.78, 5) is 80.3. The number of ether oxygens (including phenoxy) is 4. The molecule has 18 atom stereocenters. The number of hydrogen-bond acceptors (Lipinski definition) is 23. The van der Waals surface area contributed by atoms with Crippen LogP contribution in [0.15, 0.2) is 140 Å². The molecule has 6 saturated carbocycles. The van der Waals surface area contributed by atoms with Crippen molar-refractivity contribution in [3.8, 4) is 33.8 Å². The average Bonchev–Trinajstić information content (AvgIpc) is 1.11. The molecule has 700 valence electrons. The molecule has 3 aliphatic heterocycles. The number of nitrogens with one attached hydrogen (secondary N) is 3. The normalized spacial score (nSPS) is 25.8. The number of aliphatic hydroxyl groups excluding tert-OH is 4. The molecule has 4 bridgehead atoms. The molecule has 27 nitrogen and oxygen atoms in total. The topological polar surface area (TPSA) is 313 Å². The fraction of sp³-hybridized carbons (Fsp3) is 0.600. The highest BCUT2D eigenvalue weighted by Gasteiger charge is 2.59. The van der Waals surface area contributed by atoms with E-state index in [4.69, 9.17) is 34.4 Å². The number of carboxylic acids is 1. The molecule has 14 rings (SSSR count). The maximum absolute atomic E-state index is 14.5. The lowest BCUT2D eigenvalue weighted by Gasteiger charge is -2.62. The summed E-state index contributed by atoms with van der Waals surface area (Å²) >= 11 is 0. The minimum atomic E-state index is -1.03. The van der Waals surface area contributed by atoms with Crippen LogP contribution in [-0.4, -0.2) is 302 Å². The van der Waals surface area contributed by atoms with E-state index in [2.05, 4.69) is 108 Å². The van der Waals surface area contributed by atoms with Gasteiger partial charge in [0.15, 0.2) is 0 Å². The number of nitrogens with two attached hydrogens (primary N) is 1. The second kappa shape index (κ2) is 46.6. The Morgan fingerprint density at radius 3 is 1.56 bits per heavy atom. The molecule has 3 amide bonds. The number of allylic oxidation sites excluding steroid dienone is 4. The predicted molar refractivity (Wildman–Crippen MR) is 502 cm³/mol. The maximum Gasteiger partial charge on any atom is 0.335 e. The van der Waals surface area contributed by atoms with E-state index in [0.717, 1.165) is 79.1 Å². The first kappa shape index (κ1) is 101. The zero-order valence-electron chi connectivity index (χ0n) is 78.8. The first-order chi connectivity index (χ1) is 60.5. The van der Waals surface area contributed by atoms with Gasteiger partial charge in [0, 0.05) is 156 Å². The van der Waals surface area contributed by atoms with Gasteiger partial charge in [0.1, 0.15) is 49.0 Å². The van der Waals surface area contributed by atoms with Gasteiger partial charge in [0.2, 0.25) is 11.8 Å².